The Kier molecular flexibility index (Phi) is 3.96. The third-order valence-electron chi connectivity index (χ3n) is 7.77. The summed E-state index contributed by atoms with van der Waals surface area (Å²) in [7, 11) is 0. The van der Waals surface area contributed by atoms with Crippen LogP contribution in [-0.2, 0) is 0 Å². The van der Waals surface area contributed by atoms with Gasteiger partial charge in [-0.1, -0.05) is 54.6 Å². The van der Waals surface area contributed by atoms with Gasteiger partial charge in [-0.3, -0.25) is 4.57 Å². The highest BCUT2D eigenvalue weighted by molar-refractivity contribution is 6.28. The maximum Gasteiger partial charge on any atom is 0.237 e. The van der Waals surface area contributed by atoms with Crippen LogP contribution >= 0.6 is 0 Å². The Morgan fingerprint density at radius 1 is 0.462 bits per heavy atom. The van der Waals surface area contributed by atoms with Crippen LogP contribution in [0.1, 0.15) is 0 Å². The standard InChI is InChI=1S/C33H19N5O/c1-2-8-20(9-3-1)37-25-12-6-4-10-23(25)29-27(37)16-14-21-22-15-17-28-30(32(22)39-31(21)29)24-11-5-7-13-26(24)38(28)33-35-18-34-19-36-33/h1-19H. The van der Waals surface area contributed by atoms with Gasteiger partial charge in [0, 0.05) is 27.2 Å². The number of nitrogens with zero attached hydrogens (tertiary/aromatic N) is 5. The van der Waals surface area contributed by atoms with Gasteiger partial charge in [0.05, 0.1) is 32.8 Å². The van der Waals surface area contributed by atoms with Gasteiger partial charge in [-0.15, -0.1) is 0 Å². The molecule has 5 aromatic carbocycles. The summed E-state index contributed by atoms with van der Waals surface area (Å²) in [6, 6.07) is 36.1. The van der Waals surface area contributed by atoms with Crippen LogP contribution in [0.15, 0.2) is 120 Å². The lowest BCUT2D eigenvalue weighted by molar-refractivity contribution is 0.677. The molecule has 182 valence electrons. The maximum absolute atomic E-state index is 6.91. The number of hydrogen-bond donors (Lipinski definition) is 0. The van der Waals surface area contributed by atoms with E-state index in [2.05, 4.69) is 115 Å². The second kappa shape index (κ2) is 7.52. The summed E-state index contributed by atoms with van der Waals surface area (Å²) >= 11 is 0. The molecule has 0 bridgehead atoms. The predicted octanol–water partition coefficient (Wildman–Crippen LogP) is 7.97. The summed E-state index contributed by atoms with van der Waals surface area (Å²) < 4.78 is 11.3. The normalized spacial score (nSPS) is 12.1. The van der Waals surface area contributed by atoms with E-state index in [1.807, 2.05) is 12.1 Å². The smallest absolute Gasteiger partial charge is 0.237 e. The van der Waals surface area contributed by atoms with E-state index in [1.165, 1.54) is 18.0 Å². The van der Waals surface area contributed by atoms with Crippen LogP contribution in [0.3, 0.4) is 0 Å². The number of fused-ring (bicyclic) bond motifs is 11. The minimum Gasteiger partial charge on any atom is -0.455 e. The molecule has 0 atom stereocenters. The summed E-state index contributed by atoms with van der Waals surface area (Å²) in [5, 5.41) is 6.64. The largest absolute Gasteiger partial charge is 0.455 e. The molecule has 0 unspecified atom stereocenters. The Labute approximate surface area is 221 Å². The summed E-state index contributed by atoms with van der Waals surface area (Å²) in [5.41, 5.74) is 7.20. The first-order valence-electron chi connectivity index (χ1n) is 12.9. The molecular weight excluding hydrogens is 482 g/mol. The van der Waals surface area contributed by atoms with E-state index in [4.69, 9.17) is 4.42 Å². The number of aromatic nitrogens is 5. The first-order valence-corrected chi connectivity index (χ1v) is 12.9. The van der Waals surface area contributed by atoms with Gasteiger partial charge in [-0.05, 0) is 48.5 Å². The highest BCUT2D eigenvalue weighted by atomic mass is 16.3. The summed E-state index contributed by atoms with van der Waals surface area (Å²) in [5.74, 6) is 0.583. The molecule has 39 heavy (non-hydrogen) atoms. The third kappa shape index (κ3) is 2.67. The van der Waals surface area contributed by atoms with Crippen molar-refractivity contribution in [3.63, 3.8) is 0 Å². The highest BCUT2D eigenvalue weighted by Crippen LogP contribution is 2.44. The van der Waals surface area contributed by atoms with Gasteiger partial charge in [0.1, 0.15) is 23.8 Å². The van der Waals surface area contributed by atoms with Crippen molar-refractivity contribution in [2.75, 3.05) is 0 Å². The van der Waals surface area contributed by atoms with Crippen molar-refractivity contribution >= 4 is 65.6 Å². The van der Waals surface area contributed by atoms with E-state index >= 15 is 0 Å². The van der Waals surface area contributed by atoms with Gasteiger partial charge in [-0.2, -0.15) is 0 Å². The molecule has 4 heterocycles. The molecule has 0 N–H and O–H groups in total. The van der Waals surface area contributed by atoms with Crippen molar-refractivity contribution in [3.05, 3.63) is 116 Å². The molecule has 0 radical (unpaired) electrons. The molecule has 0 saturated heterocycles. The van der Waals surface area contributed by atoms with Gasteiger partial charge in [0.25, 0.3) is 0 Å². The van der Waals surface area contributed by atoms with Gasteiger partial charge in [0.2, 0.25) is 5.95 Å². The number of rotatable bonds is 2. The zero-order valence-corrected chi connectivity index (χ0v) is 20.6. The van der Waals surface area contributed by atoms with Gasteiger partial charge in [0.15, 0.2) is 0 Å². The monoisotopic (exact) mass is 501 g/mol. The third-order valence-corrected chi connectivity index (χ3v) is 7.77. The highest BCUT2D eigenvalue weighted by Gasteiger charge is 2.22. The SMILES string of the molecule is c1ccc(-n2c3ccccc3c3c4oc5c(ccc6c5c5ccccc5n6-c5ncncn5)c4ccc32)cc1. The molecule has 0 fully saturated rings. The van der Waals surface area contributed by atoms with Crippen molar-refractivity contribution < 1.29 is 4.42 Å². The zero-order chi connectivity index (χ0) is 25.5. The lowest BCUT2D eigenvalue weighted by atomic mass is 10.1. The fraction of sp³-hybridized carbons (Fsp3) is 0. The van der Waals surface area contributed by atoms with Crippen LogP contribution in [0.4, 0.5) is 0 Å². The van der Waals surface area contributed by atoms with Crippen molar-refractivity contribution in [1.82, 2.24) is 24.1 Å². The number of hydrogen-bond acceptors (Lipinski definition) is 4. The van der Waals surface area contributed by atoms with E-state index in [0.29, 0.717) is 5.95 Å². The quantitative estimate of drug-likeness (QED) is 0.241. The van der Waals surface area contributed by atoms with Crippen molar-refractivity contribution in [2.45, 2.75) is 0 Å². The molecule has 9 rings (SSSR count). The van der Waals surface area contributed by atoms with E-state index in [9.17, 15) is 0 Å². The summed E-state index contributed by atoms with van der Waals surface area (Å²) in [6.45, 7) is 0. The summed E-state index contributed by atoms with van der Waals surface area (Å²) in [4.78, 5) is 12.9. The molecule has 4 aromatic heterocycles. The van der Waals surface area contributed by atoms with Crippen molar-refractivity contribution in [3.8, 4) is 11.6 Å². The second-order valence-electron chi connectivity index (χ2n) is 9.75. The van der Waals surface area contributed by atoms with Crippen molar-refractivity contribution in [2.24, 2.45) is 0 Å². The van der Waals surface area contributed by atoms with Crippen LogP contribution in [0.25, 0.3) is 77.2 Å². The van der Waals surface area contributed by atoms with E-state index in [-0.39, 0.29) is 0 Å². The minimum absolute atomic E-state index is 0.583. The lowest BCUT2D eigenvalue weighted by Crippen LogP contribution is -2.00. The Morgan fingerprint density at radius 2 is 1.00 bits per heavy atom. The first-order chi connectivity index (χ1) is 19.4. The van der Waals surface area contributed by atoms with Crippen LogP contribution in [0.2, 0.25) is 0 Å². The Morgan fingerprint density at radius 3 is 1.64 bits per heavy atom. The predicted molar refractivity (Wildman–Crippen MR) is 156 cm³/mol. The van der Waals surface area contributed by atoms with Gasteiger partial charge < -0.3 is 8.98 Å². The first kappa shape index (κ1) is 20.6. The Hall–Kier alpha value is -5.49. The van der Waals surface area contributed by atoms with Crippen LogP contribution < -0.4 is 0 Å². The molecule has 0 aliphatic heterocycles. The maximum atomic E-state index is 6.91. The fourth-order valence-electron chi connectivity index (χ4n) is 6.21. The number of furan rings is 1. The van der Waals surface area contributed by atoms with Crippen LogP contribution in [0.5, 0.6) is 0 Å². The van der Waals surface area contributed by atoms with Gasteiger partial charge >= 0.3 is 0 Å². The fourth-order valence-corrected chi connectivity index (χ4v) is 6.21. The number of para-hydroxylation sites is 3. The molecule has 0 aliphatic rings. The van der Waals surface area contributed by atoms with Crippen LogP contribution in [0, 0.1) is 0 Å². The Bertz CT molecular complexity index is 2210. The molecule has 9 aromatic rings. The average molecular weight is 502 g/mol. The van der Waals surface area contributed by atoms with Crippen molar-refractivity contribution in [1.29, 1.82) is 0 Å². The molecule has 0 aliphatic carbocycles. The van der Waals surface area contributed by atoms with Gasteiger partial charge in [-0.25, -0.2) is 15.0 Å². The van der Waals surface area contributed by atoms with E-state index < -0.39 is 0 Å². The molecule has 6 heteroatoms. The molecule has 0 spiro atoms. The average Bonchev–Trinajstić information content (AvgIpc) is 3.65. The molecular formula is C33H19N5O. The summed E-state index contributed by atoms with van der Waals surface area (Å²) in [6.07, 6.45) is 3.06. The topological polar surface area (TPSA) is 61.7 Å². The van der Waals surface area contributed by atoms with Crippen LogP contribution in [-0.4, -0.2) is 24.1 Å². The Balaban J connectivity index is 1.47. The van der Waals surface area contributed by atoms with E-state index in [0.717, 1.165) is 65.9 Å². The minimum atomic E-state index is 0.583. The second-order valence-corrected chi connectivity index (χ2v) is 9.75. The molecule has 0 amide bonds. The van der Waals surface area contributed by atoms with E-state index in [1.54, 1.807) is 0 Å². The molecule has 6 nitrogen and oxygen atoms in total. The lowest BCUT2D eigenvalue weighted by Gasteiger charge is -2.07. The number of benzene rings is 5. The molecule has 0 saturated carbocycles. The zero-order valence-electron chi connectivity index (χ0n) is 20.6.